The van der Waals surface area contributed by atoms with Gasteiger partial charge in [0.05, 0.1) is 20.8 Å². The van der Waals surface area contributed by atoms with E-state index in [0.717, 1.165) is 67.5 Å². The van der Waals surface area contributed by atoms with Gasteiger partial charge in [0.2, 0.25) is 0 Å². The van der Waals surface area contributed by atoms with E-state index in [4.69, 9.17) is 26.4 Å². The van der Waals surface area contributed by atoms with Crippen molar-refractivity contribution in [3.63, 3.8) is 0 Å². The maximum Gasteiger partial charge on any atom is 0.410 e. The topological polar surface area (TPSA) is 63.3 Å². The Bertz CT molecular complexity index is 722. The van der Waals surface area contributed by atoms with E-state index in [1.165, 1.54) is 0 Å². The van der Waals surface area contributed by atoms with Gasteiger partial charge in [0.25, 0.3) is 0 Å². The lowest BCUT2D eigenvalue weighted by atomic mass is 10.0. The highest BCUT2D eigenvalue weighted by Crippen LogP contribution is 2.25. The number of carbonyl (C=O) groups is 1. The molecule has 7 nitrogen and oxygen atoms in total. The van der Waals surface area contributed by atoms with Crippen LogP contribution in [0.15, 0.2) is 18.2 Å². The molecule has 160 valence electrons. The fraction of sp³-hybridized carbons (Fsp3) is 0.619. The Hall–Kier alpha value is -2.22. The van der Waals surface area contributed by atoms with Gasteiger partial charge in [-0.05, 0) is 61.7 Å². The second-order valence-corrected chi connectivity index (χ2v) is 7.83. The fourth-order valence-corrected chi connectivity index (χ4v) is 4.21. The SMILES string of the molecule is CCC1CN(C2CCN(C(=S)NCCc3cc(OC)ccc3OC)CC2)C(=O)O1. The van der Waals surface area contributed by atoms with Crippen LogP contribution in [0.4, 0.5) is 4.79 Å². The van der Waals surface area contributed by atoms with Crippen molar-refractivity contribution in [3.05, 3.63) is 23.8 Å². The standard InChI is InChI=1S/C21H31N3O4S/c1-4-17-14-24(21(25)28-17)16-8-11-23(12-9-16)20(29)22-10-7-15-13-18(26-2)5-6-19(15)27-3/h5-6,13,16-17H,4,7-12,14H2,1-3H3,(H,22,29). The first-order valence-electron chi connectivity index (χ1n) is 10.3. The van der Waals surface area contributed by atoms with Gasteiger partial charge in [0, 0.05) is 25.7 Å². The lowest BCUT2D eigenvalue weighted by Gasteiger charge is -2.37. The summed E-state index contributed by atoms with van der Waals surface area (Å²) in [5.74, 6) is 1.67. The van der Waals surface area contributed by atoms with E-state index in [2.05, 4.69) is 17.1 Å². The van der Waals surface area contributed by atoms with Crippen LogP contribution in [-0.4, -0.2) is 73.5 Å². The Morgan fingerprint density at radius 1 is 1.28 bits per heavy atom. The first kappa shape index (κ1) is 21.5. The highest BCUT2D eigenvalue weighted by atomic mass is 32.1. The molecule has 1 amide bonds. The molecule has 3 rings (SSSR count). The van der Waals surface area contributed by atoms with Crippen molar-refractivity contribution in [2.45, 2.75) is 44.8 Å². The van der Waals surface area contributed by atoms with Crippen molar-refractivity contribution in [1.82, 2.24) is 15.1 Å². The Kier molecular flexibility index (Phi) is 7.41. The van der Waals surface area contributed by atoms with E-state index in [9.17, 15) is 4.79 Å². The minimum Gasteiger partial charge on any atom is -0.497 e. The number of likely N-dealkylation sites (tertiary alicyclic amines) is 1. The summed E-state index contributed by atoms with van der Waals surface area (Å²) in [7, 11) is 3.33. The summed E-state index contributed by atoms with van der Waals surface area (Å²) >= 11 is 5.59. The lowest BCUT2D eigenvalue weighted by Crippen LogP contribution is -2.50. The van der Waals surface area contributed by atoms with Crippen molar-refractivity contribution in [1.29, 1.82) is 0 Å². The fourth-order valence-electron chi connectivity index (χ4n) is 3.93. The minimum atomic E-state index is -0.164. The minimum absolute atomic E-state index is 0.0388. The molecule has 0 spiro atoms. The van der Waals surface area contributed by atoms with E-state index >= 15 is 0 Å². The van der Waals surface area contributed by atoms with Gasteiger partial charge in [0.1, 0.15) is 17.6 Å². The normalized spacial score (nSPS) is 19.8. The van der Waals surface area contributed by atoms with Crippen molar-refractivity contribution in [2.24, 2.45) is 0 Å². The van der Waals surface area contributed by atoms with Crippen LogP contribution in [0.5, 0.6) is 11.5 Å². The first-order chi connectivity index (χ1) is 14.0. The number of hydrogen-bond donors (Lipinski definition) is 1. The maximum absolute atomic E-state index is 12.1. The van der Waals surface area contributed by atoms with Crippen LogP contribution in [0.1, 0.15) is 31.7 Å². The van der Waals surface area contributed by atoms with Crippen molar-refractivity contribution in [2.75, 3.05) is 40.4 Å². The molecule has 8 heteroatoms. The predicted octanol–water partition coefficient (Wildman–Crippen LogP) is 2.82. The van der Waals surface area contributed by atoms with Crippen LogP contribution in [0.3, 0.4) is 0 Å². The van der Waals surface area contributed by atoms with Gasteiger partial charge in [-0.15, -0.1) is 0 Å². The maximum atomic E-state index is 12.1. The quantitative estimate of drug-likeness (QED) is 0.679. The zero-order chi connectivity index (χ0) is 20.8. The average molecular weight is 422 g/mol. The largest absolute Gasteiger partial charge is 0.497 e. The molecule has 0 saturated carbocycles. The second kappa shape index (κ2) is 10.0. The number of carbonyl (C=O) groups excluding carboxylic acids is 1. The molecule has 1 aromatic rings. The van der Waals surface area contributed by atoms with Gasteiger partial charge >= 0.3 is 6.09 Å². The van der Waals surface area contributed by atoms with Gasteiger partial charge < -0.3 is 29.3 Å². The molecule has 1 N–H and O–H groups in total. The Morgan fingerprint density at radius 2 is 2.03 bits per heavy atom. The average Bonchev–Trinajstić information content (AvgIpc) is 3.14. The molecule has 29 heavy (non-hydrogen) atoms. The zero-order valence-corrected chi connectivity index (χ0v) is 18.3. The van der Waals surface area contributed by atoms with Gasteiger partial charge in [0.15, 0.2) is 5.11 Å². The third-order valence-electron chi connectivity index (χ3n) is 5.71. The predicted molar refractivity (Wildman–Crippen MR) is 116 cm³/mol. The van der Waals surface area contributed by atoms with Gasteiger partial charge in [-0.25, -0.2) is 4.79 Å². The van der Waals surface area contributed by atoms with E-state index in [0.29, 0.717) is 6.54 Å². The molecular formula is C21H31N3O4S. The number of cyclic esters (lactones) is 1. The molecule has 2 heterocycles. The van der Waals surface area contributed by atoms with E-state index in [1.807, 2.05) is 23.1 Å². The van der Waals surface area contributed by atoms with Crippen LogP contribution in [0.25, 0.3) is 0 Å². The number of amides is 1. The highest BCUT2D eigenvalue weighted by molar-refractivity contribution is 7.80. The Morgan fingerprint density at radius 3 is 2.66 bits per heavy atom. The molecule has 0 aromatic heterocycles. The highest BCUT2D eigenvalue weighted by Gasteiger charge is 2.36. The summed E-state index contributed by atoms with van der Waals surface area (Å²) in [6.45, 7) is 5.18. The van der Waals surface area contributed by atoms with Crippen LogP contribution in [0, 0.1) is 0 Å². The molecule has 0 aliphatic carbocycles. The van der Waals surface area contributed by atoms with Crippen molar-refractivity contribution < 1.29 is 19.0 Å². The zero-order valence-electron chi connectivity index (χ0n) is 17.5. The molecule has 1 atom stereocenters. The molecular weight excluding hydrogens is 390 g/mol. The van der Waals surface area contributed by atoms with Gasteiger partial charge in [-0.1, -0.05) is 6.92 Å². The Labute approximate surface area is 178 Å². The summed E-state index contributed by atoms with van der Waals surface area (Å²) in [6, 6.07) is 6.06. The van der Waals surface area contributed by atoms with Crippen LogP contribution < -0.4 is 14.8 Å². The lowest BCUT2D eigenvalue weighted by molar-refractivity contribution is 0.119. The smallest absolute Gasteiger partial charge is 0.410 e. The van der Waals surface area contributed by atoms with E-state index < -0.39 is 0 Å². The second-order valence-electron chi connectivity index (χ2n) is 7.44. The van der Waals surface area contributed by atoms with Crippen molar-refractivity contribution in [3.8, 4) is 11.5 Å². The summed E-state index contributed by atoms with van der Waals surface area (Å²) < 4.78 is 16.1. The van der Waals surface area contributed by atoms with E-state index in [-0.39, 0.29) is 18.2 Å². The number of benzene rings is 1. The third kappa shape index (κ3) is 5.23. The van der Waals surface area contributed by atoms with Gasteiger partial charge in [-0.3, -0.25) is 0 Å². The number of thiocarbonyl (C=S) groups is 1. The van der Waals surface area contributed by atoms with Gasteiger partial charge in [-0.2, -0.15) is 0 Å². The summed E-state index contributed by atoms with van der Waals surface area (Å²) in [5, 5.41) is 4.12. The van der Waals surface area contributed by atoms with Crippen molar-refractivity contribution >= 4 is 23.4 Å². The molecule has 2 fully saturated rings. The number of rotatable bonds is 7. The number of nitrogens with one attached hydrogen (secondary N) is 1. The molecule has 2 aliphatic rings. The summed E-state index contributed by atoms with van der Waals surface area (Å²) in [4.78, 5) is 16.2. The summed E-state index contributed by atoms with van der Waals surface area (Å²) in [6.07, 6.45) is 3.36. The molecule has 2 saturated heterocycles. The first-order valence-corrected chi connectivity index (χ1v) is 10.7. The Balaban J connectivity index is 1.44. The molecule has 0 radical (unpaired) electrons. The number of ether oxygens (including phenoxy) is 3. The number of nitrogens with zero attached hydrogens (tertiary/aromatic N) is 2. The molecule has 1 aromatic carbocycles. The molecule has 1 unspecified atom stereocenters. The molecule has 0 bridgehead atoms. The third-order valence-corrected chi connectivity index (χ3v) is 6.11. The number of hydrogen-bond acceptors (Lipinski definition) is 5. The van der Waals surface area contributed by atoms with E-state index in [1.54, 1.807) is 14.2 Å². The summed E-state index contributed by atoms with van der Waals surface area (Å²) in [5.41, 5.74) is 1.08. The van der Waals surface area contributed by atoms with Crippen LogP contribution in [-0.2, 0) is 11.2 Å². The monoisotopic (exact) mass is 421 g/mol. The van der Waals surface area contributed by atoms with Crippen LogP contribution >= 0.6 is 12.2 Å². The molecule has 2 aliphatic heterocycles. The number of piperidine rings is 1. The number of methoxy groups -OCH3 is 2. The van der Waals surface area contributed by atoms with Crippen LogP contribution in [0.2, 0.25) is 0 Å².